The van der Waals surface area contributed by atoms with Crippen molar-refractivity contribution in [3.63, 3.8) is 0 Å². The number of fused-ring (bicyclic) bond motifs is 1. The molecule has 0 radical (unpaired) electrons. The number of nitrogens with zero attached hydrogens (tertiary/aromatic N) is 1. The fourth-order valence-electron chi connectivity index (χ4n) is 3.29. The first-order valence-electron chi connectivity index (χ1n) is 10.2. The van der Waals surface area contributed by atoms with Gasteiger partial charge in [-0.25, -0.2) is 18.6 Å². The van der Waals surface area contributed by atoms with Crippen molar-refractivity contribution in [2.24, 2.45) is 0 Å². The third kappa shape index (κ3) is 5.79. The fraction of sp³-hybridized carbons (Fsp3) is 0.160. The van der Waals surface area contributed by atoms with Gasteiger partial charge in [0.05, 0.1) is 22.0 Å². The number of anilines is 2. The van der Waals surface area contributed by atoms with Crippen LogP contribution >= 0.6 is 11.3 Å². The van der Waals surface area contributed by atoms with E-state index >= 15 is 0 Å². The fourth-order valence-corrected chi connectivity index (χ4v) is 4.19. The van der Waals surface area contributed by atoms with Gasteiger partial charge >= 0.3 is 5.97 Å². The number of rotatable bonds is 7. The van der Waals surface area contributed by atoms with Crippen molar-refractivity contribution in [2.45, 2.75) is 26.5 Å². The number of hydrogen-bond donors (Lipinski definition) is 4. The van der Waals surface area contributed by atoms with Crippen LogP contribution in [-0.2, 0) is 4.79 Å². The van der Waals surface area contributed by atoms with Gasteiger partial charge < -0.3 is 20.8 Å². The van der Waals surface area contributed by atoms with Gasteiger partial charge in [0, 0.05) is 5.56 Å². The number of thiazole rings is 1. The second-order valence-electron chi connectivity index (χ2n) is 7.56. The van der Waals surface area contributed by atoms with Crippen LogP contribution in [0.2, 0.25) is 0 Å². The van der Waals surface area contributed by atoms with E-state index in [1.807, 2.05) is 0 Å². The Bertz CT molecular complexity index is 1370. The molecule has 10 heteroatoms. The van der Waals surface area contributed by atoms with Crippen molar-refractivity contribution in [3.8, 4) is 11.1 Å². The number of aliphatic hydroxyl groups is 1. The van der Waals surface area contributed by atoms with Gasteiger partial charge in [-0.3, -0.25) is 4.79 Å². The molecule has 0 fully saturated rings. The maximum Gasteiger partial charge on any atom is 0.328 e. The standard InChI is InChI=1S/C24H19F2N3O4S.CH4/c1-12(30)21(23(32)33)29-22(31)14-4-2-13(3-5-14)15-6-8-18(17(26)10-15)27-24-28-19-9-7-16(25)11-20(19)34-24;/h2-12,21,30H,1H3,(H,27,28)(H,29,31)(H,32,33);1H4/t12-,21+;/m1./s1. The number of carboxylic acids is 1. The minimum atomic E-state index is -1.43. The van der Waals surface area contributed by atoms with E-state index in [1.54, 1.807) is 30.3 Å². The Balaban J connectivity index is 0.00000342. The lowest BCUT2D eigenvalue weighted by Gasteiger charge is -2.17. The Labute approximate surface area is 204 Å². The van der Waals surface area contributed by atoms with Crippen LogP contribution in [0.5, 0.6) is 0 Å². The van der Waals surface area contributed by atoms with Crippen LogP contribution in [0.4, 0.5) is 19.6 Å². The molecule has 3 aromatic carbocycles. The third-order valence-electron chi connectivity index (χ3n) is 5.08. The molecule has 0 aliphatic rings. The van der Waals surface area contributed by atoms with Gasteiger partial charge in [-0.1, -0.05) is 37.0 Å². The highest BCUT2D eigenvalue weighted by Crippen LogP contribution is 2.31. The zero-order chi connectivity index (χ0) is 24.4. The van der Waals surface area contributed by atoms with Crippen molar-refractivity contribution in [2.75, 3.05) is 5.32 Å². The average Bonchev–Trinajstić information content (AvgIpc) is 3.19. The number of nitrogens with one attached hydrogen (secondary N) is 2. The topological polar surface area (TPSA) is 112 Å². The van der Waals surface area contributed by atoms with E-state index in [2.05, 4.69) is 15.6 Å². The quantitative estimate of drug-likeness (QED) is 0.279. The highest BCUT2D eigenvalue weighted by atomic mass is 32.1. The lowest BCUT2D eigenvalue weighted by Crippen LogP contribution is -2.47. The van der Waals surface area contributed by atoms with Crippen molar-refractivity contribution in [1.29, 1.82) is 0 Å². The summed E-state index contributed by atoms with van der Waals surface area (Å²) >= 11 is 1.21. The number of hydrogen-bond acceptors (Lipinski definition) is 6. The van der Waals surface area contributed by atoms with Crippen molar-refractivity contribution in [1.82, 2.24) is 10.3 Å². The van der Waals surface area contributed by atoms with Crippen LogP contribution in [0.1, 0.15) is 24.7 Å². The van der Waals surface area contributed by atoms with Crippen LogP contribution in [0.15, 0.2) is 60.7 Å². The molecule has 0 bridgehead atoms. The molecule has 1 amide bonds. The van der Waals surface area contributed by atoms with E-state index in [4.69, 9.17) is 5.11 Å². The monoisotopic (exact) mass is 499 g/mol. The summed E-state index contributed by atoms with van der Waals surface area (Å²) in [6.07, 6.45) is -1.26. The zero-order valence-corrected chi connectivity index (χ0v) is 18.6. The molecular formula is C25H23F2N3O4S. The van der Waals surface area contributed by atoms with E-state index < -0.39 is 29.8 Å². The van der Waals surface area contributed by atoms with E-state index in [0.717, 1.165) is 0 Å². The molecular weight excluding hydrogens is 476 g/mol. The first-order valence-corrected chi connectivity index (χ1v) is 11.0. The second kappa shape index (κ2) is 10.6. The molecule has 0 aliphatic carbocycles. The summed E-state index contributed by atoms with van der Waals surface area (Å²) in [6, 6.07) is 13.6. The zero-order valence-electron chi connectivity index (χ0n) is 17.8. The molecule has 0 saturated carbocycles. The lowest BCUT2D eigenvalue weighted by molar-refractivity contribution is -0.141. The smallest absolute Gasteiger partial charge is 0.328 e. The van der Waals surface area contributed by atoms with Crippen molar-refractivity contribution < 1.29 is 28.6 Å². The summed E-state index contributed by atoms with van der Waals surface area (Å²) in [5, 5.41) is 24.2. The molecule has 4 N–H and O–H groups in total. The van der Waals surface area contributed by atoms with Crippen LogP contribution in [-0.4, -0.2) is 39.2 Å². The molecule has 0 aliphatic heterocycles. The SMILES string of the molecule is C.C[C@@H](O)[C@H](NC(=O)c1ccc(-c2ccc(Nc3nc4ccc(F)cc4s3)c(F)c2)cc1)C(=O)O. The van der Waals surface area contributed by atoms with E-state index in [0.29, 0.717) is 26.5 Å². The number of amides is 1. The summed E-state index contributed by atoms with van der Waals surface area (Å²) in [5.74, 6) is -2.89. The number of carboxylic acid groups (broad SMARTS) is 1. The Morgan fingerprint density at radius 2 is 1.69 bits per heavy atom. The predicted octanol–water partition coefficient (Wildman–Crippen LogP) is 5.19. The Hall–Kier alpha value is -3.89. The van der Waals surface area contributed by atoms with Gasteiger partial charge in [-0.15, -0.1) is 0 Å². The molecule has 4 aromatic rings. The minimum absolute atomic E-state index is 0. The summed E-state index contributed by atoms with van der Waals surface area (Å²) in [5.41, 5.74) is 2.22. The lowest BCUT2D eigenvalue weighted by atomic mass is 10.0. The Morgan fingerprint density at radius 1 is 1.00 bits per heavy atom. The van der Waals surface area contributed by atoms with Gasteiger partial charge in [-0.2, -0.15) is 0 Å². The summed E-state index contributed by atoms with van der Waals surface area (Å²) in [6.45, 7) is 1.27. The second-order valence-corrected chi connectivity index (χ2v) is 8.59. The number of aliphatic hydroxyl groups excluding tert-OH is 1. The van der Waals surface area contributed by atoms with Crippen LogP contribution < -0.4 is 10.6 Å². The molecule has 35 heavy (non-hydrogen) atoms. The van der Waals surface area contributed by atoms with E-state index in [9.17, 15) is 23.5 Å². The molecule has 0 spiro atoms. The molecule has 4 rings (SSSR count). The Morgan fingerprint density at radius 3 is 2.31 bits per heavy atom. The molecule has 1 aromatic heterocycles. The largest absolute Gasteiger partial charge is 0.480 e. The van der Waals surface area contributed by atoms with Gasteiger partial charge in [-0.05, 0) is 60.5 Å². The van der Waals surface area contributed by atoms with Crippen molar-refractivity contribution >= 4 is 44.2 Å². The van der Waals surface area contributed by atoms with Gasteiger partial charge in [0.1, 0.15) is 11.6 Å². The average molecular weight is 500 g/mol. The number of aromatic nitrogens is 1. The third-order valence-corrected chi connectivity index (χ3v) is 6.01. The van der Waals surface area contributed by atoms with E-state index in [-0.39, 0.29) is 24.5 Å². The van der Waals surface area contributed by atoms with Gasteiger partial charge in [0.25, 0.3) is 5.91 Å². The summed E-state index contributed by atoms with van der Waals surface area (Å²) < 4.78 is 28.8. The number of aliphatic carboxylic acids is 1. The number of carbonyl (C=O) groups is 2. The normalized spacial score (nSPS) is 12.5. The molecule has 0 saturated heterocycles. The number of halogens is 2. The molecule has 1 heterocycles. The first-order chi connectivity index (χ1) is 16.2. The molecule has 0 unspecified atom stereocenters. The van der Waals surface area contributed by atoms with Crippen molar-refractivity contribution in [3.05, 3.63) is 77.9 Å². The maximum atomic E-state index is 14.8. The summed E-state index contributed by atoms with van der Waals surface area (Å²) in [7, 11) is 0. The first kappa shape index (κ1) is 25.7. The molecule has 7 nitrogen and oxygen atoms in total. The van der Waals surface area contributed by atoms with Gasteiger partial charge in [0.15, 0.2) is 11.2 Å². The molecule has 2 atom stereocenters. The minimum Gasteiger partial charge on any atom is -0.480 e. The number of carbonyl (C=O) groups excluding carboxylic acids is 1. The van der Waals surface area contributed by atoms with Gasteiger partial charge in [0.2, 0.25) is 0 Å². The van der Waals surface area contributed by atoms with Crippen LogP contribution in [0, 0.1) is 11.6 Å². The van der Waals surface area contributed by atoms with Crippen LogP contribution in [0.25, 0.3) is 21.3 Å². The van der Waals surface area contributed by atoms with E-state index in [1.165, 1.54) is 48.6 Å². The molecule has 182 valence electrons. The maximum absolute atomic E-state index is 14.8. The summed E-state index contributed by atoms with van der Waals surface area (Å²) in [4.78, 5) is 27.8. The predicted molar refractivity (Wildman–Crippen MR) is 132 cm³/mol. The highest BCUT2D eigenvalue weighted by molar-refractivity contribution is 7.22. The Kier molecular flexibility index (Phi) is 7.78. The van der Waals surface area contributed by atoms with Crippen LogP contribution in [0.3, 0.4) is 0 Å². The highest BCUT2D eigenvalue weighted by Gasteiger charge is 2.25. The number of benzene rings is 3.